The lowest BCUT2D eigenvalue weighted by Crippen LogP contribution is -2.22. The Morgan fingerprint density at radius 1 is 1.17 bits per heavy atom. The fourth-order valence-corrected chi connectivity index (χ4v) is 4.06. The first kappa shape index (κ1) is 21.9. The van der Waals surface area contributed by atoms with E-state index in [0.717, 1.165) is 0 Å². The molecule has 0 atom stereocenters. The Morgan fingerprint density at radius 3 is 2.30 bits per heavy atom. The van der Waals surface area contributed by atoms with Crippen LogP contribution >= 0.6 is 22.4 Å². The maximum Gasteiger partial charge on any atom is 0.282 e. The van der Waals surface area contributed by atoms with Crippen molar-refractivity contribution >= 4 is 37.2 Å². The smallest absolute Gasteiger partial charge is 0.282 e. The molecule has 0 saturated heterocycles. The maximum absolute atomic E-state index is 13.2. The number of hydrogen-bond donors (Lipinski definition) is 0. The summed E-state index contributed by atoms with van der Waals surface area (Å²) in [7, 11) is 1.48. The number of benzene rings is 2. The second-order valence-electron chi connectivity index (χ2n) is 5.93. The zero-order valence-corrected chi connectivity index (χ0v) is 18.4. The van der Waals surface area contributed by atoms with E-state index in [0.29, 0.717) is 34.5 Å². The first-order valence-electron chi connectivity index (χ1n) is 8.67. The number of hydrogen-bond acceptors (Lipinski definition) is 6. The number of nitrogens with zero attached hydrogens (tertiary/aromatic N) is 3. The Labute approximate surface area is 182 Å². The molecule has 1 heterocycles. The molecule has 0 unspecified atom stereocenters. The van der Waals surface area contributed by atoms with Gasteiger partial charge in [-0.15, -0.1) is 11.8 Å². The van der Waals surface area contributed by atoms with E-state index < -0.39 is 14.6 Å². The van der Waals surface area contributed by atoms with Gasteiger partial charge in [0.25, 0.3) is 20.3 Å². The van der Waals surface area contributed by atoms with E-state index in [1.54, 1.807) is 30.5 Å². The van der Waals surface area contributed by atoms with Gasteiger partial charge in [0.15, 0.2) is 0 Å². The molecule has 0 aliphatic carbocycles. The molecule has 0 fully saturated rings. The van der Waals surface area contributed by atoms with Crippen molar-refractivity contribution in [3.8, 4) is 22.8 Å². The first-order chi connectivity index (χ1) is 14.3. The van der Waals surface area contributed by atoms with Gasteiger partial charge in [-0.3, -0.25) is 9.36 Å². The highest BCUT2D eigenvalue weighted by atomic mass is 35.7. The predicted molar refractivity (Wildman–Crippen MR) is 118 cm³/mol. The molecule has 0 amide bonds. The largest absolute Gasteiger partial charge is 0.494 e. The second kappa shape index (κ2) is 8.92. The normalized spacial score (nSPS) is 11.1. The van der Waals surface area contributed by atoms with Crippen LogP contribution < -0.4 is 10.3 Å². The molecule has 154 valence electrons. The standard InChI is InChI=1S/C20H16ClN3O4S2/c1-4-28-15-9-5-13(6-10-15)18-23-19(29-3)17(22-2)20(25)24(18)14-7-11-16(12-8-14)30(21,26)27/h5-12H,4H2,1,3H3. The molecule has 1 aromatic heterocycles. The first-order valence-corrected chi connectivity index (χ1v) is 12.2. The summed E-state index contributed by atoms with van der Waals surface area (Å²) in [5.41, 5.74) is 0.343. The van der Waals surface area contributed by atoms with E-state index >= 15 is 0 Å². The van der Waals surface area contributed by atoms with Gasteiger partial charge in [-0.2, -0.15) is 0 Å². The van der Waals surface area contributed by atoms with Gasteiger partial charge in [0.2, 0.25) is 0 Å². The Bertz CT molecular complexity index is 1280. The fraction of sp³-hybridized carbons (Fsp3) is 0.150. The van der Waals surface area contributed by atoms with Gasteiger partial charge in [0.05, 0.1) is 18.1 Å². The van der Waals surface area contributed by atoms with Crippen molar-refractivity contribution in [1.29, 1.82) is 0 Å². The molecule has 0 N–H and O–H groups in total. The summed E-state index contributed by atoms with van der Waals surface area (Å²) in [5, 5.41) is 0.315. The SMILES string of the molecule is [C-]#[N+]c1c(SC)nc(-c2ccc(OCC)cc2)n(-c2ccc(S(=O)(=O)Cl)cc2)c1=O. The Kier molecular flexibility index (Phi) is 6.51. The van der Waals surface area contributed by atoms with Gasteiger partial charge < -0.3 is 4.74 Å². The van der Waals surface area contributed by atoms with Crippen molar-refractivity contribution in [3.63, 3.8) is 0 Å². The molecule has 0 aliphatic rings. The molecule has 0 saturated carbocycles. The molecule has 0 radical (unpaired) electrons. The lowest BCUT2D eigenvalue weighted by atomic mass is 10.2. The quantitative estimate of drug-likeness (QED) is 0.232. The second-order valence-corrected chi connectivity index (χ2v) is 9.30. The van der Waals surface area contributed by atoms with Crippen LogP contribution in [0.5, 0.6) is 5.75 Å². The van der Waals surface area contributed by atoms with E-state index in [1.165, 1.54) is 40.6 Å². The number of rotatable bonds is 6. The van der Waals surface area contributed by atoms with E-state index in [1.807, 2.05) is 6.92 Å². The minimum atomic E-state index is -3.90. The van der Waals surface area contributed by atoms with Gasteiger partial charge in [-0.1, -0.05) is 0 Å². The van der Waals surface area contributed by atoms with Crippen molar-refractivity contribution in [2.45, 2.75) is 16.8 Å². The van der Waals surface area contributed by atoms with Gasteiger partial charge >= 0.3 is 0 Å². The van der Waals surface area contributed by atoms with Crippen molar-refractivity contribution in [1.82, 2.24) is 9.55 Å². The third-order valence-corrected chi connectivity index (χ3v) is 6.17. The molecule has 10 heteroatoms. The summed E-state index contributed by atoms with van der Waals surface area (Å²) in [4.78, 5) is 21.0. The topological polar surface area (TPSA) is 82.6 Å². The summed E-state index contributed by atoms with van der Waals surface area (Å²) >= 11 is 1.20. The van der Waals surface area contributed by atoms with Gasteiger partial charge in [-0.25, -0.2) is 18.2 Å². The Hall–Kier alpha value is -2.80. The van der Waals surface area contributed by atoms with Crippen LogP contribution in [-0.4, -0.2) is 30.8 Å². The molecule has 3 aromatic rings. The van der Waals surface area contributed by atoms with Gasteiger partial charge in [-0.05, 0) is 61.7 Å². The minimum Gasteiger partial charge on any atom is -0.494 e. The van der Waals surface area contributed by atoms with E-state index in [2.05, 4.69) is 9.83 Å². The van der Waals surface area contributed by atoms with Crippen molar-refractivity contribution in [2.24, 2.45) is 0 Å². The van der Waals surface area contributed by atoms with Crippen molar-refractivity contribution in [3.05, 3.63) is 70.3 Å². The zero-order valence-electron chi connectivity index (χ0n) is 16.0. The monoisotopic (exact) mass is 461 g/mol. The lowest BCUT2D eigenvalue weighted by molar-refractivity contribution is 0.340. The van der Waals surface area contributed by atoms with Crippen molar-refractivity contribution in [2.75, 3.05) is 12.9 Å². The number of thioether (sulfide) groups is 1. The third kappa shape index (κ3) is 4.36. The van der Waals surface area contributed by atoms with Crippen LogP contribution in [0.4, 0.5) is 5.69 Å². The molecule has 7 nitrogen and oxygen atoms in total. The summed E-state index contributed by atoms with van der Waals surface area (Å²) in [5.74, 6) is 0.996. The Morgan fingerprint density at radius 2 is 1.80 bits per heavy atom. The number of aromatic nitrogens is 2. The minimum absolute atomic E-state index is 0.0947. The lowest BCUT2D eigenvalue weighted by Gasteiger charge is -2.15. The van der Waals surface area contributed by atoms with Crippen molar-refractivity contribution < 1.29 is 13.2 Å². The van der Waals surface area contributed by atoms with Crippen LogP contribution in [0.1, 0.15) is 6.92 Å². The zero-order chi connectivity index (χ0) is 21.9. The van der Waals surface area contributed by atoms with Crippen LogP contribution in [0.3, 0.4) is 0 Å². The highest BCUT2D eigenvalue weighted by molar-refractivity contribution is 8.13. The molecule has 30 heavy (non-hydrogen) atoms. The summed E-state index contributed by atoms with van der Waals surface area (Å²) in [6.07, 6.45) is 1.74. The number of halogens is 1. The number of ether oxygens (including phenoxy) is 1. The molecular formula is C20H16ClN3O4S2. The van der Waals surface area contributed by atoms with Crippen LogP contribution in [0.2, 0.25) is 0 Å². The van der Waals surface area contributed by atoms with E-state index in [9.17, 15) is 13.2 Å². The highest BCUT2D eigenvalue weighted by Crippen LogP contribution is 2.29. The molecule has 3 rings (SSSR count). The van der Waals surface area contributed by atoms with E-state index in [-0.39, 0.29) is 10.6 Å². The fourth-order valence-electron chi connectivity index (χ4n) is 2.79. The van der Waals surface area contributed by atoms with Gasteiger partial charge in [0, 0.05) is 21.9 Å². The molecule has 2 aromatic carbocycles. The molecule has 0 spiro atoms. The summed E-state index contributed by atoms with van der Waals surface area (Å²) in [6.45, 7) is 9.80. The summed E-state index contributed by atoms with van der Waals surface area (Å²) < 4.78 is 29.8. The van der Waals surface area contributed by atoms with Crippen LogP contribution in [-0.2, 0) is 9.05 Å². The summed E-state index contributed by atoms with van der Waals surface area (Å²) in [6, 6.07) is 12.6. The average Bonchev–Trinajstić information content (AvgIpc) is 2.73. The van der Waals surface area contributed by atoms with Crippen LogP contribution in [0, 0.1) is 6.57 Å². The predicted octanol–water partition coefficient (Wildman–Crippen LogP) is 4.50. The van der Waals surface area contributed by atoms with Gasteiger partial charge in [0.1, 0.15) is 16.6 Å². The molecular weight excluding hydrogens is 446 g/mol. The highest BCUT2D eigenvalue weighted by Gasteiger charge is 2.20. The van der Waals surface area contributed by atoms with Crippen LogP contribution in [0.15, 0.2) is 63.2 Å². The Balaban J connectivity index is 2.27. The average molecular weight is 462 g/mol. The molecule has 0 aliphatic heterocycles. The van der Waals surface area contributed by atoms with Crippen LogP contribution in [0.25, 0.3) is 21.9 Å². The van der Waals surface area contributed by atoms with E-state index in [4.69, 9.17) is 22.0 Å². The third-order valence-electron chi connectivity index (χ3n) is 4.13. The maximum atomic E-state index is 13.2. The molecule has 0 bridgehead atoms.